The van der Waals surface area contributed by atoms with Crippen molar-refractivity contribution >= 4 is 24.0 Å². The normalized spacial score (nSPS) is 10.3. The van der Waals surface area contributed by atoms with Gasteiger partial charge in [0.05, 0.1) is 6.33 Å². The van der Waals surface area contributed by atoms with Crippen LogP contribution in [0.2, 0.25) is 5.02 Å². The van der Waals surface area contributed by atoms with Gasteiger partial charge in [0.15, 0.2) is 0 Å². The predicted octanol–water partition coefficient (Wildman–Crippen LogP) is 4.72. The fraction of sp³-hybridized carbons (Fsp3) is 0.250. The first-order chi connectivity index (χ1) is 12.3. The number of benzene rings is 2. The van der Waals surface area contributed by atoms with Gasteiger partial charge >= 0.3 is 0 Å². The van der Waals surface area contributed by atoms with Crippen LogP contribution in [0.15, 0.2) is 67.3 Å². The summed E-state index contributed by atoms with van der Waals surface area (Å²) in [4.78, 5) is 4.04. The minimum absolute atomic E-state index is 0. The molecule has 0 aliphatic rings. The standard InChI is InChI=1S/C20H22ClN3O.ClH/c21-19-7-5-17(6-8-19)15-25-20-4-1-3-18(13-20)14-22-9-2-11-24-12-10-23-16-24;/h1,3-8,10,12-13,16,22H,2,9,11,14-15H2;1H. The number of aromatic nitrogens is 2. The Kier molecular flexibility index (Phi) is 8.48. The van der Waals surface area contributed by atoms with E-state index < -0.39 is 0 Å². The molecule has 0 bridgehead atoms. The fourth-order valence-electron chi connectivity index (χ4n) is 2.53. The maximum absolute atomic E-state index is 5.90. The van der Waals surface area contributed by atoms with E-state index in [-0.39, 0.29) is 12.4 Å². The third-order valence-electron chi connectivity index (χ3n) is 3.88. The molecule has 138 valence electrons. The van der Waals surface area contributed by atoms with Crippen molar-refractivity contribution in [3.8, 4) is 5.75 Å². The van der Waals surface area contributed by atoms with Crippen LogP contribution < -0.4 is 10.1 Å². The molecular weight excluding hydrogens is 369 g/mol. The van der Waals surface area contributed by atoms with Crippen molar-refractivity contribution in [3.05, 3.63) is 83.4 Å². The van der Waals surface area contributed by atoms with Gasteiger partial charge in [-0.3, -0.25) is 0 Å². The molecule has 2 aromatic carbocycles. The van der Waals surface area contributed by atoms with Crippen LogP contribution in [0.4, 0.5) is 0 Å². The lowest BCUT2D eigenvalue weighted by molar-refractivity contribution is 0.306. The van der Waals surface area contributed by atoms with Crippen LogP contribution in [-0.2, 0) is 19.7 Å². The quantitative estimate of drug-likeness (QED) is 0.536. The summed E-state index contributed by atoms with van der Waals surface area (Å²) in [6, 6.07) is 15.9. The summed E-state index contributed by atoms with van der Waals surface area (Å²) in [6.45, 7) is 3.33. The molecule has 4 nitrogen and oxygen atoms in total. The highest BCUT2D eigenvalue weighted by Crippen LogP contribution is 2.16. The van der Waals surface area contributed by atoms with Crippen molar-refractivity contribution < 1.29 is 4.74 Å². The second-order valence-corrected chi connectivity index (χ2v) is 6.33. The van der Waals surface area contributed by atoms with Gasteiger partial charge in [-0.2, -0.15) is 0 Å². The number of rotatable bonds is 9. The van der Waals surface area contributed by atoms with Crippen molar-refractivity contribution in [2.45, 2.75) is 26.1 Å². The molecule has 0 aliphatic carbocycles. The maximum atomic E-state index is 5.90. The molecule has 0 atom stereocenters. The molecule has 3 rings (SSSR count). The highest BCUT2D eigenvalue weighted by Gasteiger charge is 1.99. The summed E-state index contributed by atoms with van der Waals surface area (Å²) in [5.41, 5.74) is 2.32. The molecule has 0 saturated heterocycles. The summed E-state index contributed by atoms with van der Waals surface area (Å²) in [6.07, 6.45) is 6.72. The van der Waals surface area contributed by atoms with Gasteiger partial charge in [-0.1, -0.05) is 35.9 Å². The minimum atomic E-state index is 0. The second-order valence-electron chi connectivity index (χ2n) is 5.89. The SMILES string of the molecule is Cl.Clc1ccc(COc2cccc(CNCCCn3ccnc3)c2)cc1. The van der Waals surface area contributed by atoms with Crippen LogP contribution in [0.1, 0.15) is 17.5 Å². The average molecular weight is 392 g/mol. The molecule has 0 saturated carbocycles. The number of hydrogen-bond donors (Lipinski definition) is 1. The smallest absolute Gasteiger partial charge is 0.120 e. The summed E-state index contributed by atoms with van der Waals surface area (Å²) >= 11 is 5.90. The lowest BCUT2D eigenvalue weighted by atomic mass is 10.2. The Balaban J connectivity index is 0.00000243. The summed E-state index contributed by atoms with van der Waals surface area (Å²) in [5, 5.41) is 4.21. The lowest BCUT2D eigenvalue weighted by Gasteiger charge is -2.09. The van der Waals surface area contributed by atoms with Crippen LogP contribution in [0.5, 0.6) is 5.75 Å². The van der Waals surface area contributed by atoms with E-state index in [0.717, 1.165) is 42.4 Å². The number of nitrogens with one attached hydrogen (secondary N) is 1. The third-order valence-corrected chi connectivity index (χ3v) is 4.13. The van der Waals surface area contributed by atoms with Gasteiger partial charge in [-0.25, -0.2) is 4.98 Å². The van der Waals surface area contributed by atoms with Crippen LogP contribution in [0.25, 0.3) is 0 Å². The van der Waals surface area contributed by atoms with Gasteiger partial charge in [0.1, 0.15) is 12.4 Å². The molecule has 26 heavy (non-hydrogen) atoms. The number of halogens is 2. The number of nitrogens with zero attached hydrogens (tertiary/aromatic N) is 2. The summed E-state index contributed by atoms with van der Waals surface area (Å²) in [7, 11) is 0. The van der Waals surface area contributed by atoms with Gasteiger partial charge < -0.3 is 14.6 Å². The number of aryl methyl sites for hydroxylation is 1. The van der Waals surface area contributed by atoms with Crippen molar-refractivity contribution in [2.75, 3.05) is 6.54 Å². The van der Waals surface area contributed by atoms with E-state index in [1.54, 1.807) is 0 Å². The highest BCUT2D eigenvalue weighted by atomic mass is 35.5. The molecule has 0 unspecified atom stereocenters. The van der Waals surface area contributed by atoms with Crippen LogP contribution >= 0.6 is 24.0 Å². The number of imidazole rings is 1. The first-order valence-electron chi connectivity index (χ1n) is 8.42. The zero-order chi connectivity index (χ0) is 17.3. The lowest BCUT2D eigenvalue weighted by Crippen LogP contribution is -2.16. The van der Waals surface area contributed by atoms with E-state index in [2.05, 4.69) is 27.0 Å². The molecule has 3 aromatic rings. The Bertz CT molecular complexity index is 761. The van der Waals surface area contributed by atoms with E-state index in [1.807, 2.05) is 55.1 Å². The summed E-state index contributed by atoms with van der Waals surface area (Å²) < 4.78 is 7.96. The van der Waals surface area contributed by atoms with Crippen LogP contribution in [0.3, 0.4) is 0 Å². The minimum Gasteiger partial charge on any atom is -0.489 e. The van der Waals surface area contributed by atoms with Crippen LogP contribution in [0, 0.1) is 0 Å². The first kappa shape index (κ1) is 20.3. The van der Waals surface area contributed by atoms with Gasteiger partial charge in [0.25, 0.3) is 0 Å². The molecule has 0 fully saturated rings. The first-order valence-corrected chi connectivity index (χ1v) is 8.80. The number of hydrogen-bond acceptors (Lipinski definition) is 3. The zero-order valence-corrected chi connectivity index (χ0v) is 16.0. The van der Waals surface area contributed by atoms with E-state index in [9.17, 15) is 0 Å². The fourth-order valence-corrected chi connectivity index (χ4v) is 2.66. The Morgan fingerprint density at radius 2 is 1.92 bits per heavy atom. The van der Waals surface area contributed by atoms with Crippen molar-refractivity contribution in [1.82, 2.24) is 14.9 Å². The molecule has 1 heterocycles. The third kappa shape index (κ3) is 6.71. The van der Waals surface area contributed by atoms with Crippen molar-refractivity contribution in [3.63, 3.8) is 0 Å². The molecule has 0 amide bonds. The van der Waals surface area contributed by atoms with E-state index in [4.69, 9.17) is 16.3 Å². The Morgan fingerprint density at radius 3 is 2.69 bits per heavy atom. The molecule has 0 radical (unpaired) electrons. The molecule has 6 heteroatoms. The van der Waals surface area contributed by atoms with Gasteiger partial charge in [0.2, 0.25) is 0 Å². The highest BCUT2D eigenvalue weighted by molar-refractivity contribution is 6.30. The largest absolute Gasteiger partial charge is 0.489 e. The van der Waals surface area contributed by atoms with E-state index in [1.165, 1.54) is 5.56 Å². The monoisotopic (exact) mass is 391 g/mol. The molecule has 0 spiro atoms. The Labute approximate surface area is 165 Å². The van der Waals surface area contributed by atoms with Crippen LogP contribution in [-0.4, -0.2) is 16.1 Å². The maximum Gasteiger partial charge on any atom is 0.120 e. The molecule has 1 N–H and O–H groups in total. The second kappa shape index (κ2) is 10.9. The molecule has 1 aromatic heterocycles. The molecule has 0 aliphatic heterocycles. The van der Waals surface area contributed by atoms with Gasteiger partial charge in [-0.15, -0.1) is 12.4 Å². The average Bonchev–Trinajstić information content (AvgIpc) is 3.15. The zero-order valence-electron chi connectivity index (χ0n) is 14.5. The Hall–Kier alpha value is -2.01. The van der Waals surface area contributed by atoms with E-state index >= 15 is 0 Å². The topological polar surface area (TPSA) is 39.1 Å². The van der Waals surface area contributed by atoms with Crippen molar-refractivity contribution in [2.24, 2.45) is 0 Å². The number of ether oxygens (including phenoxy) is 1. The predicted molar refractivity (Wildman–Crippen MR) is 108 cm³/mol. The Morgan fingerprint density at radius 1 is 1.08 bits per heavy atom. The van der Waals surface area contributed by atoms with Crippen molar-refractivity contribution in [1.29, 1.82) is 0 Å². The molecular formula is C20H23Cl2N3O. The van der Waals surface area contributed by atoms with Gasteiger partial charge in [-0.05, 0) is 48.4 Å². The van der Waals surface area contributed by atoms with Gasteiger partial charge in [0, 0.05) is 30.5 Å². The summed E-state index contributed by atoms with van der Waals surface area (Å²) in [5.74, 6) is 0.882. The van der Waals surface area contributed by atoms with E-state index in [0.29, 0.717) is 6.61 Å².